The van der Waals surface area contributed by atoms with Crippen molar-refractivity contribution >= 4 is 29.2 Å². The number of esters is 1. The van der Waals surface area contributed by atoms with Gasteiger partial charge in [-0.3, -0.25) is 4.79 Å². The number of benzene rings is 2. The highest BCUT2D eigenvalue weighted by molar-refractivity contribution is 6.30. The fraction of sp³-hybridized carbons (Fsp3) is 0.200. The number of hydrogen-bond donors (Lipinski definition) is 1. The normalized spacial score (nSPS) is 11.4. The minimum atomic E-state index is -0.818. The number of anilines is 1. The predicted molar refractivity (Wildman–Crippen MR) is 108 cm³/mol. The maximum absolute atomic E-state index is 12.4. The van der Waals surface area contributed by atoms with Crippen molar-refractivity contribution in [2.45, 2.75) is 19.4 Å². The van der Waals surface area contributed by atoms with Crippen molar-refractivity contribution in [2.75, 3.05) is 11.9 Å². The summed E-state index contributed by atoms with van der Waals surface area (Å²) in [5.41, 5.74) is 1.67. The van der Waals surface area contributed by atoms with Crippen LogP contribution in [-0.2, 0) is 14.3 Å². The Balaban J connectivity index is 1.58. The van der Waals surface area contributed by atoms with Crippen LogP contribution in [0, 0.1) is 11.3 Å². The maximum atomic E-state index is 12.4. The van der Waals surface area contributed by atoms with Crippen LogP contribution in [0.4, 0.5) is 5.69 Å². The molecule has 0 aliphatic rings. The number of aromatic nitrogens is 4. The molecule has 3 rings (SSSR count). The molecule has 1 N–H and O–H groups in total. The van der Waals surface area contributed by atoms with Gasteiger partial charge in [-0.15, -0.1) is 15.0 Å². The van der Waals surface area contributed by atoms with Gasteiger partial charge in [0.1, 0.15) is 0 Å². The van der Waals surface area contributed by atoms with Gasteiger partial charge in [-0.2, -0.15) is 5.26 Å². The molecule has 0 fully saturated rings. The summed E-state index contributed by atoms with van der Waals surface area (Å²) in [7, 11) is 0. The number of carbonyl (C=O) groups is 2. The molecule has 152 valence electrons. The molecule has 0 bridgehead atoms. The summed E-state index contributed by atoms with van der Waals surface area (Å²) in [5.74, 6) is -0.805. The number of tetrazole rings is 1. The molecule has 0 saturated heterocycles. The smallest absolute Gasteiger partial charge is 0.333 e. The van der Waals surface area contributed by atoms with E-state index >= 15 is 0 Å². The number of halogens is 1. The molecule has 0 unspecified atom stereocenters. The fourth-order valence-electron chi connectivity index (χ4n) is 2.55. The van der Waals surface area contributed by atoms with E-state index < -0.39 is 24.5 Å². The first-order valence-corrected chi connectivity index (χ1v) is 9.40. The van der Waals surface area contributed by atoms with Crippen LogP contribution in [0.25, 0.3) is 11.4 Å². The van der Waals surface area contributed by atoms with Gasteiger partial charge < -0.3 is 10.1 Å². The number of carbonyl (C=O) groups excluding carboxylic acids is 2. The van der Waals surface area contributed by atoms with Crippen LogP contribution in [0.2, 0.25) is 5.02 Å². The van der Waals surface area contributed by atoms with Crippen LogP contribution in [0.3, 0.4) is 0 Å². The highest BCUT2D eigenvalue weighted by atomic mass is 35.5. The number of ether oxygens (including phenoxy) is 1. The Morgan fingerprint density at radius 2 is 1.90 bits per heavy atom. The van der Waals surface area contributed by atoms with Gasteiger partial charge in [0, 0.05) is 16.3 Å². The van der Waals surface area contributed by atoms with Crippen molar-refractivity contribution in [3.8, 4) is 17.5 Å². The average Bonchev–Trinajstić information content (AvgIpc) is 3.23. The molecule has 0 aliphatic heterocycles. The van der Waals surface area contributed by atoms with Crippen LogP contribution in [0.1, 0.15) is 24.9 Å². The van der Waals surface area contributed by atoms with E-state index in [2.05, 4.69) is 20.7 Å². The molecule has 0 radical (unpaired) electrons. The minimum absolute atomic E-state index is 0.344. The quantitative estimate of drug-likeness (QED) is 0.578. The summed E-state index contributed by atoms with van der Waals surface area (Å²) < 4.78 is 5.11. The van der Waals surface area contributed by atoms with E-state index in [0.29, 0.717) is 34.1 Å². The lowest BCUT2D eigenvalue weighted by Crippen LogP contribution is -2.27. The van der Waals surface area contributed by atoms with Gasteiger partial charge in [0.2, 0.25) is 5.82 Å². The average molecular weight is 425 g/mol. The van der Waals surface area contributed by atoms with E-state index in [1.807, 2.05) is 6.07 Å². The lowest BCUT2D eigenvalue weighted by Gasteiger charge is -2.12. The number of nitrogens with zero attached hydrogens (tertiary/aromatic N) is 5. The van der Waals surface area contributed by atoms with Crippen molar-refractivity contribution in [1.82, 2.24) is 20.2 Å². The van der Waals surface area contributed by atoms with E-state index in [9.17, 15) is 9.59 Å². The monoisotopic (exact) mass is 424 g/mol. The highest BCUT2D eigenvalue weighted by Crippen LogP contribution is 2.19. The number of amides is 1. The molecule has 1 amide bonds. The molecule has 0 aliphatic carbocycles. The van der Waals surface area contributed by atoms with Gasteiger partial charge in [-0.1, -0.05) is 18.5 Å². The second-order valence-corrected chi connectivity index (χ2v) is 6.65. The van der Waals surface area contributed by atoms with Crippen molar-refractivity contribution < 1.29 is 14.3 Å². The lowest BCUT2D eigenvalue weighted by molar-refractivity contribution is -0.151. The number of rotatable bonds is 7. The summed E-state index contributed by atoms with van der Waals surface area (Å²) in [4.78, 5) is 25.6. The topological polar surface area (TPSA) is 123 Å². The van der Waals surface area contributed by atoms with Gasteiger partial charge in [0.05, 0.1) is 11.6 Å². The van der Waals surface area contributed by atoms with E-state index in [-0.39, 0.29) is 0 Å². The molecule has 2 aromatic carbocycles. The second kappa shape index (κ2) is 9.62. The second-order valence-electron chi connectivity index (χ2n) is 6.21. The number of hydrogen-bond acceptors (Lipinski definition) is 7. The zero-order valence-corrected chi connectivity index (χ0v) is 16.7. The van der Waals surface area contributed by atoms with Crippen molar-refractivity contribution in [2.24, 2.45) is 0 Å². The van der Waals surface area contributed by atoms with Crippen LogP contribution >= 0.6 is 11.6 Å². The summed E-state index contributed by atoms with van der Waals surface area (Å²) in [5, 5.41) is 24.1. The van der Waals surface area contributed by atoms with Crippen LogP contribution < -0.4 is 5.32 Å². The molecular formula is C20H17ClN6O3. The molecule has 30 heavy (non-hydrogen) atoms. The van der Waals surface area contributed by atoms with Crippen molar-refractivity contribution in [1.29, 1.82) is 5.26 Å². The maximum Gasteiger partial charge on any atom is 0.333 e. The zero-order valence-electron chi connectivity index (χ0n) is 15.9. The number of nitriles is 1. The molecule has 1 aromatic heterocycles. The van der Waals surface area contributed by atoms with E-state index in [1.54, 1.807) is 55.5 Å². The highest BCUT2D eigenvalue weighted by Gasteiger charge is 2.24. The molecule has 10 heteroatoms. The third-order valence-corrected chi connectivity index (χ3v) is 4.36. The van der Waals surface area contributed by atoms with Crippen LogP contribution in [0.15, 0.2) is 48.5 Å². The first-order valence-electron chi connectivity index (χ1n) is 9.02. The Bertz CT molecular complexity index is 1070. The predicted octanol–water partition coefficient (Wildman–Crippen LogP) is 3.00. The standard InChI is InChI=1S/C20H17ClN6O3/c1-2-17(27-25-19(24-26-27)14-5-7-15(21)8-6-14)20(29)30-12-18(28)23-16-9-3-13(11-22)4-10-16/h3-10,17H,2,12H2,1H3,(H,23,28)/t17-/m1/s1. The fourth-order valence-corrected chi connectivity index (χ4v) is 2.68. The summed E-state index contributed by atoms with van der Waals surface area (Å²) in [6, 6.07) is 14.4. The minimum Gasteiger partial charge on any atom is -0.454 e. The molecule has 3 aromatic rings. The van der Waals surface area contributed by atoms with E-state index in [4.69, 9.17) is 21.6 Å². The number of nitrogens with one attached hydrogen (secondary N) is 1. The molecule has 1 heterocycles. The molecular weight excluding hydrogens is 408 g/mol. The Kier molecular flexibility index (Phi) is 6.72. The Morgan fingerprint density at radius 1 is 1.20 bits per heavy atom. The van der Waals surface area contributed by atoms with Gasteiger partial charge >= 0.3 is 5.97 Å². The Hall–Kier alpha value is -3.77. The first-order chi connectivity index (χ1) is 14.5. The van der Waals surface area contributed by atoms with Crippen molar-refractivity contribution in [3.05, 3.63) is 59.1 Å². The van der Waals surface area contributed by atoms with Crippen molar-refractivity contribution in [3.63, 3.8) is 0 Å². The lowest BCUT2D eigenvalue weighted by atomic mass is 10.2. The Labute approximate surface area is 177 Å². The third-order valence-electron chi connectivity index (χ3n) is 4.11. The Morgan fingerprint density at radius 3 is 2.53 bits per heavy atom. The van der Waals surface area contributed by atoms with Gasteiger partial charge in [0.15, 0.2) is 12.6 Å². The summed E-state index contributed by atoms with van der Waals surface area (Å²) in [6.45, 7) is 1.31. The summed E-state index contributed by atoms with van der Waals surface area (Å²) in [6.07, 6.45) is 0.354. The molecule has 1 atom stereocenters. The third kappa shape index (κ3) is 5.18. The van der Waals surface area contributed by atoms with Gasteiger partial charge in [-0.25, -0.2) is 4.79 Å². The zero-order chi connectivity index (χ0) is 21.5. The summed E-state index contributed by atoms with van der Waals surface area (Å²) >= 11 is 5.88. The van der Waals surface area contributed by atoms with Gasteiger partial charge in [-0.05, 0) is 60.2 Å². The van der Waals surface area contributed by atoms with Gasteiger partial charge in [0.25, 0.3) is 5.91 Å². The molecule has 0 saturated carbocycles. The largest absolute Gasteiger partial charge is 0.454 e. The van der Waals surface area contributed by atoms with E-state index in [0.717, 1.165) is 0 Å². The molecule has 0 spiro atoms. The van der Waals surface area contributed by atoms with E-state index in [1.165, 1.54) is 4.80 Å². The SMILES string of the molecule is CC[C@H](C(=O)OCC(=O)Nc1ccc(C#N)cc1)n1nnc(-c2ccc(Cl)cc2)n1. The molecule has 9 nitrogen and oxygen atoms in total. The first kappa shape index (κ1) is 21.0. The van der Waals surface area contributed by atoms with Crippen LogP contribution in [-0.4, -0.2) is 38.7 Å². The van der Waals surface area contributed by atoms with Crippen LogP contribution in [0.5, 0.6) is 0 Å².